The molecule has 0 aromatic carbocycles. The van der Waals surface area contributed by atoms with Crippen molar-refractivity contribution >= 4 is 5.91 Å². The van der Waals surface area contributed by atoms with Gasteiger partial charge in [0.2, 0.25) is 5.91 Å². The van der Waals surface area contributed by atoms with Crippen molar-refractivity contribution in [2.24, 2.45) is 11.3 Å². The third kappa shape index (κ3) is 4.22. The zero-order valence-electron chi connectivity index (χ0n) is 18.7. The van der Waals surface area contributed by atoms with Crippen molar-refractivity contribution in [3.8, 4) is 0 Å². The number of aromatic nitrogens is 1. The first-order valence-corrected chi connectivity index (χ1v) is 11.9. The molecule has 0 bridgehead atoms. The van der Waals surface area contributed by atoms with E-state index < -0.39 is 11.7 Å². The number of fused-ring (bicyclic) bond motifs is 2. The van der Waals surface area contributed by atoms with Crippen LogP contribution in [0.3, 0.4) is 0 Å². The van der Waals surface area contributed by atoms with Crippen molar-refractivity contribution in [1.82, 2.24) is 14.8 Å². The van der Waals surface area contributed by atoms with Gasteiger partial charge in [-0.25, -0.2) is 0 Å². The van der Waals surface area contributed by atoms with Gasteiger partial charge in [-0.15, -0.1) is 0 Å². The van der Waals surface area contributed by atoms with E-state index in [4.69, 9.17) is 0 Å². The van der Waals surface area contributed by atoms with Gasteiger partial charge >= 0.3 is 6.18 Å². The number of carbonyl (C=O) groups excluding carboxylic acids is 1. The summed E-state index contributed by atoms with van der Waals surface area (Å²) in [5.74, 6) is 0.579. The lowest BCUT2D eigenvalue weighted by atomic mass is 9.78. The Morgan fingerprint density at radius 2 is 2.03 bits per heavy atom. The van der Waals surface area contributed by atoms with Gasteiger partial charge in [0.05, 0.1) is 11.0 Å². The smallest absolute Gasteiger partial charge is 0.337 e. The van der Waals surface area contributed by atoms with Crippen LogP contribution in [0, 0.1) is 11.3 Å². The van der Waals surface area contributed by atoms with Crippen LogP contribution >= 0.6 is 0 Å². The van der Waals surface area contributed by atoms with Gasteiger partial charge in [0, 0.05) is 37.4 Å². The van der Waals surface area contributed by atoms with Gasteiger partial charge in [-0.05, 0) is 69.2 Å². The third-order valence-corrected chi connectivity index (χ3v) is 7.73. The maximum absolute atomic E-state index is 13.8. The Kier molecular flexibility index (Phi) is 6.35. The molecule has 0 spiro atoms. The molecule has 1 aromatic heterocycles. The molecule has 7 heteroatoms. The lowest BCUT2D eigenvalue weighted by Crippen LogP contribution is -2.47. The van der Waals surface area contributed by atoms with Crippen LogP contribution in [0.1, 0.15) is 75.6 Å². The zero-order chi connectivity index (χ0) is 22.2. The number of pyridine rings is 1. The molecule has 2 saturated carbocycles. The molecule has 31 heavy (non-hydrogen) atoms. The fourth-order valence-corrected chi connectivity index (χ4v) is 6.36. The Labute approximate surface area is 183 Å². The van der Waals surface area contributed by atoms with Crippen LogP contribution in [0.4, 0.5) is 13.2 Å². The van der Waals surface area contributed by atoms with E-state index in [0.29, 0.717) is 36.2 Å². The Bertz CT molecular complexity index is 806. The van der Waals surface area contributed by atoms with Crippen LogP contribution in [0.15, 0.2) is 12.3 Å². The number of amides is 1. The van der Waals surface area contributed by atoms with Gasteiger partial charge in [-0.2, -0.15) is 13.2 Å². The molecule has 4 rings (SSSR count). The number of hydrogen-bond acceptors (Lipinski definition) is 3. The van der Waals surface area contributed by atoms with Gasteiger partial charge in [-0.3, -0.25) is 9.78 Å². The first kappa shape index (κ1) is 22.6. The first-order chi connectivity index (χ1) is 14.8. The molecule has 2 fully saturated rings. The van der Waals surface area contributed by atoms with Gasteiger partial charge in [0.15, 0.2) is 0 Å². The molecule has 1 aliphatic heterocycles. The molecule has 172 valence electrons. The van der Waals surface area contributed by atoms with Crippen molar-refractivity contribution in [3.63, 3.8) is 0 Å². The van der Waals surface area contributed by atoms with Gasteiger partial charge in [-0.1, -0.05) is 20.3 Å². The summed E-state index contributed by atoms with van der Waals surface area (Å²) in [6.07, 6.45) is 4.33. The molecular formula is C24H34F3N3O. The molecule has 2 unspecified atom stereocenters. The molecule has 2 aliphatic carbocycles. The average molecular weight is 438 g/mol. The summed E-state index contributed by atoms with van der Waals surface area (Å²) in [6.45, 7) is 7.34. The average Bonchev–Trinajstić information content (AvgIpc) is 3.30. The maximum Gasteiger partial charge on any atom is 0.417 e. The number of alkyl halides is 3. The van der Waals surface area contributed by atoms with Crippen LogP contribution in [0.25, 0.3) is 0 Å². The van der Waals surface area contributed by atoms with Crippen molar-refractivity contribution in [3.05, 3.63) is 29.1 Å². The minimum Gasteiger partial charge on any atom is -0.337 e. The standard InChI is InChI=1S/C24H34F3N3O/c1-3-9-29(10-4-2)20-13-18-6-5-8-23(18,14-20)22(31)30-11-7-21-17(16-30)12-19(15-28-21)24(25,26)27/h12,15,18,20H,3-11,13-14,16H2,1-2H3/t18?,20-,23?/m0/s1. The summed E-state index contributed by atoms with van der Waals surface area (Å²) in [6, 6.07) is 1.64. The van der Waals surface area contributed by atoms with Crippen molar-refractivity contribution in [1.29, 1.82) is 0 Å². The normalized spacial score (nSPS) is 28.1. The fourth-order valence-electron chi connectivity index (χ4n) is 6.36. The molecule has 2 heterocycles. The molecule has 4 nitrogen and oxygen atoms in total. The van der Waals surface area contributed by atoms with Crippen LogP contribution in [0.2, 0.25) is 0 Å². The number of halogens is 3. The largest absolute Gasteiger partial charge is 0.417 e. The van der Waals surface area contributed by atoms with E-state index in [1.165, 1.54) is 6.07 Å². The highest BCUT2D eigenvalue weighted by Crippen LogP contribution is 2.56. The van der Waals surface area contributed by atoms with Gasteiger partial charge in [0.1, 0.15) is 0 Å². The second-order valence-electron chi connectivity index (χ2n) is 9.68. The Hall–Kier alpha value is -1.63. The van der Waals surface area contributed by atoms with E-state index in [1.54, 1.807) is 0 Å². The van der Waals surface area contributed by atoms with Crippen LogP contribution in [-0.2, 0) is 23.9 Å². The van der Waals surface area contributed by atoms with Gasteiger partial charge < -0.3 is 9.80 Å². The van der Waals surface area contributed by atoms with Crippen molar-refractivity contribution in [2.45, 2.75) is 84.0 Å². The number of hydrogen-bond donors (Lipinski definition) is 0. The number of rotatable bonds is 6. The molecular weight excluding hydrogens is 403 g/mol. The summed E-state index contributed by atoms with van der Waals surface area (Å²) in [7, 11) is 0. The summed E-state index contributed by atoms with van der Waals surface area (Å²) in [4.78, 5) is 22.3. The zero-order valence-corrected chi connectivity index (χ0v) is 18.7. The Balaban J connectivity index is 1.53. The highest BCUT2D eigenvalue weighted by Gasteiger charge is 2.56. The predicted octanol–water partition coefficient (Wildman–Crippen LogP) is 5.06. The van der Waals surface area contributed by atoms with E-state index in [-0.39, 0.29) is 17.9 Å². The van der Waals surface area contributed by atoms with E-state index >= 15 is 0 Å². The summed E-state index contributed by atoms with van der Waals surface area (Å²) in [5.41, 5.74) is 0.192. The minimum absolute atomic E-state index is 0.175. The van der Waals surface area contributed by atoms with Crippen LogP contribution in [-0.4, -0.2) is 46.4 Å². The molecule has 1 amide bonds. The fraction of sp³-hybridized carbons (Fsp3) is 0.750. The molecule has 0 radical (unpaired) electrons. The topological polar surface area (TPSA) is 36.4 Å². The first-order valence-electron chi connectivity index (χ1n) is 11.9. The van der Waals surface area contributed by atoms with Crippen molar-refractivity contribution in [2.75, 3.05) is 19.6 Å². The third-order valence-electron chi connectivity index (χ3n) is 7.73. The highest BCUT2D eigenvalue weighted by molar-refractivity contribution is 5.84. The predicted molar refractivity (Wildman–Crippen MR) is 113 cm³/mol. The Morgan fingerprint density at radius 1 is 1.29 bits per heavy atom. The lowest BCUT2D eigenvalue weighted by Gasteiger charge is -2.38. The van der Waals surface area contributed by atoms with E-state index in [0.717, 1.165) is 64.2 Å². The Morgan fingerprint density at radius 3 is 2.71 bits per heavy atom. The molecule has 1 aromatic rings. The monoisotopic (exact) mass is 437 g/mol. The van der Waals surface area contributed by atoms with Gasteiger partial charge in [0.25, 0.3) is 0 Å². The molecule has 0 saturated heterocycles. The van der Waals surface area contributed by atoms with E-state index in [9.17, 15) is 18.0 Å². The molecule has 0 N–H and O–H groups in total. The minimum atomic E-state index is -4.41. The van der Waals surface area contributed by atoms with E-state index in [2.05, 4.69) is 23.7 Å². The SMILES string of the molecule is CCCN(CCC)[C@H]1CC2CCCC2(C(=O)N2CCc3ncc(C(F)(F)F)cc3C2)C1. The number of nitrogens with zero attached hydrogens (tertiary/aromatic N) is 3. The molecule has 3 aliphatic rings. The van der Waals surface area contributed by atoms with Crippen molar-refractivity contribution < 1.29 is 18.0 Å². The summed E-state index contributed by atoms with van der Waals surface area (Å²) < 4.78 is 39.5. The second kappa shape index (κ2) is 8.72. The van der Waals surface area contributed by atoms with Crippen LogP contribution < -0.4 is 0 Å². The summed E-state index contributed by atoms with van der Waals surface area (Å²) in [5, 5.41) is 0. The number of carbonyl (C=O) groups is 1. The van der Waals surface area contributed by atoms with E-state index in [1.807, 2.05) is 4.90 Å². The quantitative estimate of drug-likeness (QED) is 0.625. The second-order valence-corrected chi connectivity index (χ2v) is 9.68. The molecule has 3 atom stereocenters. The van der Waals surface area contributed by atoms with Crippen LogP contribution in [0.5, 0.6) is 0 Å². The highest BCUT2D eigenvalue weighted by atomic mass is 19.4. The lowest BCUT2D eigenvalue weighted by molar-refractivity contribution is -0.144. The summed E-state index contributed by atoms with van der Waals surface area (Å²) >= 11 is 0. The maximum atomic E-state index is 13.8.